The van der Waals surface area contributed by atoms with E-state index < -0.39 is 0 Å². The van der Waals surface area contributed by atoms with Crippen LogP contribution in [0.15, 0.2) is 42.5 Å². The van der Waals surface area contributed by atoms with Crippen molar-refractivity contribution < 1.29 is 9.53 Å². The first kappa shape index (κ1) is 18.3. The predicted molar refractivity (Wildman–Crippen MR) is 107 cm³/mol. The fourth-order valence-electron chi connectivity index (χ4n) is 3.49. The number of hydrogen-bond acceptors (Lipinski definition) is 3. The third-order valence-electron chi connectivity index (χ3n) is 4.97. The van der Waals surface area contributed by atoms with E-state index in [1.54, 1.807) is 0 Å². The Morgan fingerprint density at radius 2 is 1.69 bits per heavy atom. The normalized spacial score (nSPS) is 13.0. The van der Waals surface area contributed by atoms with Crippen LogP contribution in [0.5, 0.6) is 5.75 Å². The summed E-state index contributed by atoms with van der Waals surface area (Å²) in [4.78, 5) is 14.4. The van der Waals surface area contributed by atoms with Crippen molar-refractivity contribution in [3.63, 3.8) is 0 Å². The standard InChI is InChI=1S/C22H28N2O2/c1-3-24(4-2)20-12-10-19(11-13-20)23-22(25)16-26-21-14-9-17-7-5-6-8-18(17)15-21/h9-15H,3-8,16H2,1-2H3,(H,23,25). The first-order valence-electron chi connectivity index (χ1n) is 9.59. The van der Waals surface area contributed by atoms with Crippen molar-refractivity contribution in [1.82, 2.24) is 0 Å². The van der Waals surface area contributed by atoms with Gasteiger partial charge >= 0.3 is 0 Å². The number of carbonyl (C=O) groups excluding carboxylic acids is 1. The Kier molecular flexibility index (Phi) is 6.16. The summed E-state index contributed by atoms with van der Waals surface area (Å²) in [6.07, 6.45) is 4.76. The molecule has 0 radical (unpaired) electrons. The molecule has 0 unspecified atom stereocenters. The van der Waals surface area contributed by atoms with E-state index in [9.17, 15) is 4.79 Å². The summed E-state index contributed by atoms with van der Waals surface area (Å²) in [7, 11) is 0. The van der Waals surface area contributed by atoms with E-state index in [0.29, 0.717) is 0 Å². The molecule has 0 fully saturated rings. The third-order valence-corrected chi connectivity index (χ3v) is 4.97. The van der Waals surface area contributed by atoms with E-state index in [4.69, 9.17) is 4.74 Å². The number of fused-ring (bicyclic) bond motifs is 1. The van der Waals surface area contributed by atoms with Crippen molar-refractivity contribution in [3.8, 4) is 5.75 Å². The molecular weight excluding hydrogens is 324 g/mol. The Balaban J connectivity index is 1.52. The molecule has 0 aliphatic heterocycles. The van der Waals surface area contributed by atoms with Crippen LogP contribution in [0.4, 0.5) is 11.4 Å². The van der Waals surface area contributed by atoms with Gasteiger partial charge in [0.1, 0.15) is 5.75 Å². The predicted octanol–water partition coefficient (Wildman–Crippen LogP) is 4.43. The second-order valence-corrected chi connectivity index (χ2v) is 6.69. The monoisotopic (exact) mass is 352 g/mol. The summed E-state index contributed by atoms with van der Waals surface area (Å²) in [6, 6.07) is 14.1. The Labute approximate surface area is 156 Å². The summed E-state index contributed by atoms with van der Waals surface area (Å²) in [5, 5.41) is 2.89. The lowest BCUT2D eigenvalue weighted by atomic mass is 9.92. The SMILES string of the molecule is CCN(CC)c1ccc(NC(=O)COc2ccc3c(c2)CCCC3)cc1. The number of nitrogens with one attached hydrogen (secondary N) is 1. The number of nitrogens with zero attached hydrogens (tertiary/aromatic N) is 1. The molecule has 0 heterocycles. The van der Waals surface area contributed by atoms with Crippen LogP contribution in [-0.2, 0) is 17.6 Å². The Morgan fingerprint density at radius 3 is 2.38 bits per heavy atom. The summed E-state index contributed by atoms with van der Waals surface area (Å²) >= 11 is 0. The highest BCUT2D eigenvalue weighted by atomic mass is 16.5. The fourth-order valence-corrected chi connectivity index (χ4v) is 3.49. The molecule has 0 atom stereocenters. The lowest BCUT2D eigenvalue weighted by Gasteiger charge is -2.21. The van der Waals surface area contributed by atoms with Crippen LogP contribution in [0, 0.1) is 0 Å². The topological polar surface area (TPSA) is 41.6 Å². The third kappa shape index (κ3) is 4.57. The molecule has 1 amide bonds. The molecule has 1 aliphatic rings. The van der Waals surface area contributed by atoms with Gasteiger partial charge in [0.2, 0.25) is 0 Å². The molecule has 4 heteroatoms. The molecule has 2 aromatic rings. The number of carbonyl (C=O) groups is 1. The van der Waals surface area contributed by atoms with E-state index >= 15 is 0 Å². The summed E-state index contributed by atoms with van der Waals surface area (Å²) in [6.45, 7) is 6.23. The zero-order chi connectivity index (χ0) is 18.4. The van der Waals surface area contributed by atoms with E-state index in [0.717, 1.165) is 37.4 Å². The van der Waals surface area contributed by atoms with Crippen LogP contribution in [0.25, 0.3) is 0 Å². The Hall–Kier alpha value is -2.49. The van der Waals surface area contributed by atoms with Gasteiger partial charge in [0.15, 0.2) is 6.61 Å². The molecule has 26 heavy (non-hydrogen) atoms. The van der Waals surface area contributed by atoms with Gasteiger partial charge in [-0.3, -0.25) is 4.79 Å². The molecule has 0 saturated heterocycles. The molecule has 0 aromatic heterocycles. The van der Waals surface area contributed by atoms with E-state index in [1.165, 1.54) is 29.7 Å². The highest BCUT2D eigenvalue weighted by molar-refractivity contribution is 5.92. The first-order chi connectivity index (χ1) is 12.7. The van der Waals surface area contributed by atoms with Crippen molar-refractivity contribution in [2.24, 2.45) is 0 Å². The average molecular weight is 352 g/mol. The quantitative estimate of drug-likeness (QED) is 0.801. The van der Waals surface area contributed by atoms with Crippen LogP contribution in [0.1, 0.15) is 37.8 Å². The number of rotatable bonds is 7. The number of ether oxygens (including phenoxy) is 1. The molecule has 0 spiro atoms. The zero-order valence-corrected chi connectivity index (χ0v) is 15.8. The van der Waals surface area contributed by atoms with Gasteiger partial charge in [-0.15, -0.1) is 0 Å². The highest BCUT2D eigenvalue weighted by Crippen LogP contribution is 2.25. The lowest BCUT2D eigenvalue weighted by Crippen LogP contribution is -2.22. The first-order valence-corrected chi connectivity index (χ1v) is 9.59. The van der Waals surface area contributed by atoms with Crippen LogP contribution >= 0.6 is 0 Å². The largest absolute Gasteiger partial charge is 0.484 e. The minimum atomic E-state index is -0.140. The van der Waals surface area contributed by atoms with Crippen molar-refractivity contribution >= 4 is 17.3 Å². The van der Waals surface area contributed by atoms with Crippen LogP contribution in [-0.4, -0.2) is 25.6 Å². The molecule has 2 aromatic carbocycles. The molecule has 1 N–H and O–H groups in total. The minimum Gasteiger partial charge on any atom is -0.484 e. The van der Waals surface area contributed by atoms with Gasteiger partial charge in [-0.1, -0.05) is 6.07 Å². The second kappa shape index (κ2) is 8.75. The van der Waals surface area contributed by atoms with Crippen molar-refractivity contribution in [2.45, 2.75) is 39.5 Å². The van der Waals surface area contributed by atoms with Crippen LogP contribution in [0.2, 0.25) is 0 Å². The van der Waals surface area contributed by atoms with Crippen molar-refractivity contribution in [3.05, 3.63) is 53.6 Å². The number of hydrogen-bond donors (Lipinski definition) is 1. The van der Waals surface area contributed by atoms with Gasteiger partial charge in [0.05, 0.1) is 0 Å². The Morgan fingerprint density at radius 1 is 1.00 bits per heavy atom. The van der Waals surface area contributed by atoms with Gasteiger partial charge < -0.3 is 15.0 Å². The van der Waals surface area contributed by atoms with Crippen molar-refractivity contribution in [1.29, 1.82) is 0 Å². The molecule has 4 nitrogen and oxygen atoms in total. The Bertz CT molecular complexity index is 736. The van der Waals surface area contributed by atoms with Crippen LogP contribution in [0.3, 0.4) is 0 Å². The smallest absolute Gasteiger partial charge is 0.262 e. The average Bonchev–Trinajstić information content (AvgIpc) is 2.68. The fraction of sp³-hybridized carbons (Fsp3) is 0.409. The maximum Gasteiger partial charge on any atom is 0.262 e. The lowest BCUT2D eigenvalue weighted by molar-refractivity contribution is -0.118. The number of amides is 1. The zero-order valence-electron chi connectivity index (χ0n) is 15.8. The highest BCUT2D eigenvalue weighted by Gasteiger charge is 2.11. The maximum absolute atomic E-state index is 12.2. The number of anilines is 2. The molecular formula is C22H28N2O2. The molecule has 3 rings (SSSR count). The summed E-state index contributed by atoms with van der Waals surface area (Å²) in [5.41, 5.74) is 4.74. The van der Waals surface area contributed by atoms with Gasteiger partial charge in [-0.25, -0.2) is 0 Å². The van der Waals surface area contributed by atoms with E-state index in [-0.39, 0.29) is 12.5 Å². The molecule has 138 valence electrons. The van der Waals surface area contributed by atoms with Gasteiger partial charge in [-0.05, 0) is 87.1 Å². The maximum atomic E-state index is 12.2. The molecule has 1 aliphatic carbocycles. The summed E-state index contributed by atoms with van der Waals surface area (Å²) in [5.74, 6) is 0.635. The van der Waals surface area contributed by atoms with Gasteiger partial charge in [0.25, 0.3) is 5.91 Å². The van der Waals surface area contributed by atoms with Gasteiger partial charge in [0, 0.05) is 24.5 Å². The molecule has 0 saturated carbocycles. The van der Waals surface area contributed by atoms with Crippen molar-refractivity contribution in [2.75, 3.05) is 29.9 Å². The second-order valence-electron chi connectivity index (χ2n) is 6.69. The minimum absolute atomic E-state index is 0.0244. The van der Waals surface area contributed by atoms with E-state index in [2.05, 4.69) is 36.2 Å². The van der Waals surface area contributed by atoms with Gasteiger partial charge in [-0.2, -0.15) is 0 Å². The molecule has 0 bridgehead atoms. The summed E-state index contributed by atoms with van der Waals surface area (Å²) < 4.78 is 5.68. The van der Waals surface area contributed by atoms with Crippen LogP contribution < -0.4 is 15.0 Å². The van der Waals surface area contributed by atoms with E-state index in [1.807, 2.05) is 30.3 Å². The number of aryl methyl sites for hydroxylation is 2. The number of benzene rings is 2.